The molecule has 3 aromatic heterocycles. The first kappa shape index (κ1) is 19.6. The third-order valence-corrected chi connectivity index (χ3v) is 6.36. The highest BCUT2D eigenvalue weighted by Gasteiger charge is 2.22. The highest BCUT2D eigenvalue weighted by molar-refractivity contribution is 6.30. The number of benzene rings is 3. The van der Waals surface area contributed by atoms with Gasteiger partial charge in [0.05, 0.1) is 11.4 Å². The second-order valence-corrected chi connectivity index (χ2v) is 8.45. The van der Waals surface area contributed by atoms with Gasteiger partial charge in [-0.15, -0.1) is 0 Å². The van der Waals surface area contributed by atoms with Crippen LogP contribution in [0, 0.1) is 0 Å². The van der Waals surface area contributed by atoms with Crippen LogP contribution in [0.25, 0.3) is 44.7 Å². The fourth-order valence-corrected chi connectivity index (χ4v) is 4.56. The van der Waals surface area contributed by atoms with Gasteiger partial charge in [-0.3, -0.25) is 22.9 Å². The van der Waals surface area contributed by atoms with E-state index in [1.54, 1.807) is 11.4 Å². The maximum absolute atomic E-state index is 13.1. The molecule has 0 aliphatic carbocycles. The molecule has 6 aromatic rings. The summed E-state index contributed by atoms with van der Waals surface area (Å²) in [5, 5.41) is 2.77. The van der Waals surface area contributed by atoms with Crippen LogP contribution in [0.4, 0.5) is 0 Å². The van der Waals surface area contributed by atoms with E-state index >= 15 is 0 Å². The van der Waals surface area contributed by atoms with E-state index in [2.05, 4.69) is 18.2 Å². The molecular weight excluding hydrogens is 438 g/mol. The number of aryl methyl sites for hydroxylation is 1. The first-order valence-electron chi connectivity index (χ1n) is 10.4. The molecule has 0 amide bonds. The van der Waals surface area contributed by atoms with Crippen molar-refractivity contribution in [2.45, 2.75) is 0 Å². The average Bonchev–Trinajstić information content (AvgIpc) is 3.38. The zero-order valence-corrected chi connectivity index (χ0v) is 18.6. The number of imidazole rings is 2. The molecule has 0 bridgehead atoms. The lowest BCUT2D eigenvalue weighted by atomic mass is 10.1. The molecule has 0 radical (unpaired) electrons. The van der Waals surface area contributed by atoms with Gasteiger partial charge in [0, 0.05) is 36.3 Å². The average molecular weight is 456 g/mol. The molecule has 33 heavy (non-hydrogen) atoms. The number of hydrogen-bond donors (Lipinski definition) is 0. The predicted octanol–water partition coefficient (Wildman–Crippen LogP) is 4.15. The van der Waals surface area contributed by atoms with Gasteiger partial charge in [-0.25, -0.2) is 4.79 Å². The molecule has 0 atom stereocenters. The highest BCUT2D eigenvalue weighted by Crippen LogP contribution is 2.32. The minimum atomic E-state index is -0.414. The fraction of sp³-hybridized carbons (Fsp3) is 0.0800. The smallest absolute Gasteiger partial charge is 0.279 e. The molecule has 0 saturated heterocycles. The van der Waals surface area contributed by atoms with E-state index in [1.165, 1.54) is 11.6 Å². The minimum absolute atomic E-state index is 0.342. The summed E-state index contributed by atoms with van der Waals surface area (Å²) < 4.78 is 6.30. The maximum atomic E-state index is 13.1. The number of fused-ring (bicyclic) bond motifs is 4. The number of aromatic nitrogens is 5. The van der Waals surface area contributed by atoms with Crippen LogP contribution in [-0.4, -0.2) is 23.1 Å². The van der Waals surface area contributed by atoms with E-state index < -0.39 is 11.2 Å². The Morgan fingerprint density at radius 2 is 1.58 bits per heavy atom. The molecule has 162 valence electrons. The summed E-state index contributed by atoms with van der Waals surface area (Å²) in [6, 6.07) is 21.7. The van der Waals surface area contributed by atoms with Crippen molar-refractivity contribution >= 4 is 39.3 Å². The van der Waals surface area contributed by atoms with Crippen molar-refractivity contribution in [2.75, 3.05) is 0 Å². The van der Waals surface area contributed by atoms with Crippen LogP contribution in [0.1, 0.15) is 0 Å². The summed E-state index contributed by atoms with van der Waals surface area (Å²) >= 11 is 6.14. The fourth-order valence-electron chi connectivity index (χ4n) is 4.44. The van der Waals surface area contributed by atoms with Gasteiger partial charge in [-0.05, 0) is 23.6 Å². The molecular formula is C25H18ClN5O2. The monoisotopic (exact) mass is 455 g/mol. The largest absolute Gasteiger partial charge is 0.332 e. The summed E-state index contributed by atoms with van der Waals surface area (Å²) in [5.41, 5.74) is 2.58. The number of halogens is 1. The van der Waals surface area contributed by atoms with Crippen LogP contribution in [-0.2, 0) is 14.1 Å². The SMILES string of the molecule is Cn1c(=O)c2c(nc3n(-c4cccc5ccccc45)c(-c4ccc(Cl)cc4)cn23)n(C)c1=O. The van der Waals surface area contributed by atoms with Crippen LogP contribution < -0.4 is 11.2 Å². The second-order valence-electron chi connectivity index (χ2n) is 8.01. The van der Waals surface area contributed by atoms with E-state index in [4.69, 9.17) is 16.6 Å². The van der Waals surface area contributed by atoms with Gasteiger partial charge in [-0.2, -0.15) is 4.98 Å². The highest BCUT2D eigenvalue weighted by atomic mass is 35.5. The van der Waals surface area contributed by atoms with Crippen molar-refractivity contribution in [3.8, 4) is 16.9 Å². The lowest BCUT2D eigenvalue weighted by molar-refractivity contribution is 0.708. The molecule has 0 saturated carbocycles. The molecule has 6 rings (SSSR count). The topological polar surface area (TPSA) is 66.2 Å². The molecule has 7 nitrogen and oxygen atoms in total. The Kier molecular flexibility index (Phi) is 4.12. The Balaban J connectivity index is 1.83. The minimum Gasteiger partial charge on any atom is -0.279 e. The van der Waals surface area contributed by atoms with Crippen molar-refractivity contribution in [2.24, 2.45) is 14.1 Å². The summed E-state index contributed by atoms with van der Waals surface area (Å²) in [5.74, 6) is 0.546. The van der Waals surface area contributed by atoms with Crippen LogP contribution in [0.15, 0.2) is 82.5 Å². The van der Waals surface area contributed by atoms with Crippen molar-refractivity contribution < 1.29 is 0 Å². The summed E-state index contributed by atoms with van der Waals surface area (Å²) in [6.07, 6.45) is 1.89. The van der Waals surface area contributed by atoms with E-state index in [1.807, 2.05) is 59.3 Å². The maximum Gasteiger partial charge on any atom is 0.332 e. The number of rotatable bonds is 2. The Morgan fingerprint density at radius 1 is 0.848 bits per heavy atom. The molecule has 0 spiro atoms. The Hall–Kier alpha value is -4.10. The third-order valence-electron chi connectivity index (χ3n) is 6.11. The zero-order chi connectivity index (χ0) is 22.9. The van der Waals surface area contributed by atoms with Gasteiger partial charge in [0.25, 0.3) is 5.56 Å². The number of hydrogen-bond acceptors (Lipinski definition) is 3. The lowest BCUT2D eigenvalue weighted by Gasteiger charge is -2.12. The van der Waals surface area contributed by atoms with Crippen molar-refractivity contribution in [1.82, 2.24) is 23.1 Å². The standard InChI is InChI=1S/C25H18ClN5O2/c1-28-22-21(23(32)29(2)25(28)33)30-14-20(16-10-12-17(26)13-11-16)31(24(30)27-22)19-9-5-7-15-6-3-4-8-18(15)19/h3-14H,1-2H3. The van der Waals surface area contributed by atoms with E-state index in [0.29, 0.717) is 22.0 Å². The second kappa shape index (κ2) is 6.95. The van der Waals surface area contributed by atoms with Gasteiger partial charge >= 0.3 is 5.69 Å². The quantitative estimate of drug-likeness (QED) is 0.394. The lowest BCUT2D eigenvalue weighted by Crippen LogP contribution is -2.37. The molecule has 3 heterocycles. The Labute approximate surface area is 192 Å². The number of nitrogens with zero attached hydrogens (tertiary/aromatic N) is 5. The summed E-state index contributed by atoms with van der Waals surface area (Å²) in [4.78, 5) is 30.4. The molecule has 0 aliphatic rings. The third kappa shape index (κ3) is 2.72. The Bertz CT molecular complexity index is 1830. The van der Waals surface area contributed by atoms with E-state index in [-0.39, 0.29) is 0 Å². The van der Waals surface area contributed by atoms with Crippen molar-refractivity contribution in [1.29, 1.82) is 0 Å². The first-order valence-corrected chi connectivity index (χ1v) is 10.8. The molecule has 3 aromatic carbocycles. The zero-order valence-electron chi connectivity index (χ0n) is 17.9. The van der Waals surface area contributed by atoms with Gasteiger partial charge in [0.15, 0.2) is 11.2 Å². The van der Waals surface area contributed by atoms with Gasteiger partial charge in [0.1, 0.15) is 0 Å². The molecule has 0 unspecified atom stereocenters. The van der Waals surface area contributed by atoms with Crippen LogP contribution in [0.2, 0.25) is 5.02 Å². The molecule has 0 fully saturated rings. The molecule has 0 aliphatic heterocycles. The van der Waals surface area contributed by atoms with Crippen LogP contribution in [0.3, 0.4) is 0 Å². The normalized spacial score (nSPS) is 11.7. The van der Waals surface area contributed by atoms with Gasteiger partial charge < -0.3 is 0 Å². The molecule has 0 N–H and O–H groups in total. The van der Waals surface area contributed by atoms with E-state index in [9.17, 15) is 9.59 Å². The van der Waals surface area contributed by atoms with Crippen LogP contribution in [0.5, 0.6) is 0 Å². The Morgan fingerprint density at radius 3 is 2.36 bits per heavy atom. The van der Waals surface area contributed by atoms with E-state index in [0.717, 1.165) is 32.3 Å². The molecule has 8 heteroatoms. The predicted molar refractivity (Wildman–Crippen MR) is 130 cm³/mol. The summed E-state index contributed by atoms with van der Waals surface area (Å²) in [7, 11) is 3.10. The summed E-state index contributed by atoms with van der Waals surface area (Å²) in [6.45, 7) is 0. The van der Waals surface area contributed by atoms with Crippen molar-refractivity contribution in [3.63, 3.8) is 0 Å². The van der Waals surface area contributed by atoms with Crippen LogP contribution >= 0.6 is 11.6 Å². The van der Waals surface area contributed by atoms with Crippen molar-refractivity contribution in [3.05, 3.63) is 98.8 Å². The van der Waals surface area contributed by atoms with Gasteiger partial charge in [-0.1, -0.05) is 60.1 Å². The van der Waals surface area contributed by atoms with Gasteiger partial charge in [0.2, 0.25) is 5.78 Å². The first-order chi connectivity index (χ1) is 16.0.